The van der Waals surface area contributed by atoms with Crippen LogP contribution in [0.25, 0.3) is 0 Å². The number of carbonyl (C=O) groups is 2. The number of rotatable bonds is 6. The summed E-state index contributed by atoms with van der Waals surface area (Å²) in [5.74, 6) is -0.978. The predicted octanol–water partition coefficient (Wildman–Crippen LogP) is 2.74. The van der Waals surface area contributed by atoms with E-state index in [-0.39, 0.29) is 5.75 Å². The second kappa shape index (κ2) is 8.84. The molecule has 27 heavy (non-hydrogen) atoms. The van der Waals surface area contributed by atoms with Crippen LogP contribution in [0.3, 0.4) is 0 Å². The standard InChI is InChI=1S/C20H23N3O4/c1-12-9-15(10-13(2)18(12)24)11-21-23-20(26)14(3)19(25)22-16-5-7-17(27-4)8-6-16/h5-11,14,24H,1-4H3,(H,22,25)(H,23,26). The number of phenolic OH excluding ortho intramolecular Hbond substituents is 1. The van der Waals surface area contributed by atoms with Crippen molar-refractivity contribution in [2.75, 3.05) is 12.4 Å². The molecule has 2 rings (SSSR count). The number of anilines is 1. The summed E-state index contributed by atoms with van der Waals surface area (Å²) in [6.07, 6.45) is 1.46. The number of aryl methyl sites for hydroxylation is 2. The number of benzene rings is 2. The first-order valence-corrected chi connectivity index (χ1v) is 8.40. The van der Waals surface area contributed by atoms with Gasteiger partial charge in [-0.25, -0.2) is 5.43 Å². The fourth-order valence-corrected chi connectivity index (χ4v) is 2.38. The topological polar surface area (TPSA) is 100 Å². The van der Waals surface area contributed by atoms with Gasteiger partial charge in [-0.1, -0.05) is 0 Å². The lowest BCUT2D eigenvalue weighted by Gasteiger charge is -2.11. The van der Waals surface area contributed by atoms with E-state index in [0.717, 1.165) is 16.7 Å². The molecule has 0 aromatic heterocycles. The van der Waals surface area contributed by atoms with Crippen LogP contribution in [-0.2, 0) is 9.59 Å². The van der Waals surface area contributed by atoms with E-state index in [1.54, 1.807) is 57.4 Å². The molecule has 0 spiro atoms. The Kier molecular flexibility index (Phi) is 6.54. The minimum Gasteiger partial charge on any atom is -0.507 e. The van der Waals surface area contributed by atoms with Crippen LogP contribution in [-0.4, -0.2) is 30.2 Å². The third-order valence-electron chi connectivity index (χ3n) is 4.05. The number of hydrazone groups is 1. The first kappa shape index (κ1) is 20.0. The minimum absolute atomic E-state index is 0.236. The van der Waals surface area contributed by atoms with Crippen LogP contribution in [0.15, 0.2) is 41.5 Å². The van der Waals surface area contributed by atoms with Crippen molar-refractivity contribution in [2.24, 2.45) is 11.0 Å². The number of methoxy groups -OCH3 is 1. The lowest BCUT2D eigenvalue weighted by Crippen LogP contribution is -2.34. The first-order chi connectivity index (χ1) is 12.8. The van der Waals surface area contributed by atoms with Gasteiger partial charge in [0.1, 0.15) is 17.4 Å². The molecular weight excluding hydrogens is 346 g/mol. The van der Waals surface area contributed by atoms with Crippen molar-refractivity contribution < 1.29 is 19.4 Å². The molecule has 7 nitrogen and oxygen atoms in total. The number of carbonyl (C=O) groups excluding carboxylic acids is 2. The molecule has 1 unspecified atom stereocenters. The van der Waals surface area contributed by atoms with E-state index >= 15 is 0 Å². The molecule has 1 atom stereocenters. The summed E-state index contributed by atoms with van der Waals surface area (Å²) in [7, 11) is 1.56. The lowest BCUT2D eigenvalue weighted by atomic mass is 10.1. The Morgan fingerprint density at radius 3 is 2.26 bits per heavy atom. The lowest BCUT2D eigenvalue weighted by molar-refractivity contribution is -0.131. The number of nitrogens with one attached hydrogen (secondary N) is 2. The largest absolute Gasteiger partial charge is 0.507 e. The Hall–Kier alpha value is -3.35. The van der Waals surface area contributed by atoms with E-state index in [9.17, 15) is 14.7 Å². The second-order valence-electron chi connectivity index (χ2n) is 6.18. The van der Waals surface area contributed by atoms with Gasteiger partial charge in [-0.3, -0.25) is 9.59 Å². The molecule has 0 aliphatic heterocycles. The van der Waals surface area contributed by atoms with Crippen molar-refractivity contribution in [1.29, 1.82) is 0 Å². The van der Waals surface area contributed by atoms with Crippen molar-refractivity contribution in [1.82, 2.24) is 5.43 Å². The van der Waals surface area contributed by atoms with Crippen molar-refractivity contribution in [2.45, 2.75) is 20.8 Å². The molecule has 2 amide bonds. The van der Waals surface area contributed by atoms with Crippen LogP contribution in [0, 0.1) is 19.8 Å². The molecule has 2 aromatic rings. The van der Waals surface area contributed by atoms with Gasteiger partial charge in [-0.2, -0.15) is 5.10 Å². The molecule has 0 aliphatic carbocycles. The Labute approximate surface area is 158 Å². The Balaban J connectivity index is 1.93. The summed E-state index contributed by atoms with van der Waals surface area (Å²) in [6, 6.07) is 10.3. The van der Waals surface area contributed by atoms with Gasteiger partial charge in [-0.15, -0.1) is 0 Å². The maximum atomic E-state index is 12.2. The molecule has 0 heterocycles. The van der Waals surface area contributed by atoms with Gasteiger partial charge in [-0.05, 0) is 73.9 Å². The SMILES string of the molecule is COc1ccc(NC(=O)C(C)C(=O)NN=Cc2cc(C)c(O)c(C)c2)cc1. The summed E-state index contributed by atoms with van der Waals surface area (Å²) < 4.78 is 5.06. The number of ether oxygens (including phenoxy) is 1. The Morgan fingerprint density at radius 2 is 1.70 bits per heavy atom. The maximum Gasteiger partial charge on any atom is 0.252 e. The van der Waals surface area contributed by atoms with Crippen LogP contribution >= 0.6 is 0 Å². The summed E-state index contributed by atoms with van der Waals surface area (Å²) in [5, 5.41) is 16.3. The molecule has 0 saturated heterocycles. The fourth-order valence-electron chi connectivity index (χ4n) is 2.38. The quantitative estimate of drug-likeness (QED) is 0.414. The van der Waals surface area contributed by atoms with E-state index in [1.165, 1.54) is 13.1 Å². The van der Waals surface area contributed by atoms with Gasteiger partial charge in [0.15, 0.2) is 0 Å². The zero-order chi connectivity index (χ0) is 20.0. The first-order valence-electron chi connectivity index (χ1n) is 8.40. The summed E-state index contributed by atoms with van der Waals surface area (Å²) >= 11 is 0. The number of nitrogens with zero attached hydrogens (tertiary/aromatic N) is 1. The van der Waals surface area contributed by atoms with Crippen LogP contribution in [0.4, 0.5) is 5.69 Å². The highest BCUT2D eigenvalue weighted by Gasteiger charge is 2.21. The van der Waals surface area contributed by atoms with Gasteiger partial charge in [0, 0.05) is 5.69 Å². The zero-order valence-corrected chi connectivity index (χ0v) is 15.7. The predicted molar refractivity (Wildman–Crippen MR) is 104 cm³/mol. The average Bonchev–Trinajstić information content (AvgIpc) is 2.65. The minimum atomic E-state index is -0.924. The molecule has 0 bridgehead atoms. The molecule has 0 fully saturated rings. The third-order valence-corrected chi connectivity index (χ3v) is 4.05. The van der Waals surface area contributed by atoms with Crippen LogP contribution in [0.5, 0.6) is 11.5 Å². The monoisotopic (exact) mass is 369 g/mol. The van der Waals surface area contributed by atoms with Crippen molar-refractivity contribution in [3.63, 3.8) is 0 Å². The number of phenols is 1. The normalized spacial score (nSPS) is 11.9. The number of amides is 2. The highest BCUT2D eigenvalue weighted by molar-refractivity contribution is 6.06. The number of hydrogen-bond acceptors (Lipinski definition) is 5. The third kappa shape index (κ3) is 5.31. The van der Waals surface area contributed by atoms with E-state index in [4.69, 9.17) is 4.74 Å². The van der Waals surface area contributed by atoms with Crippen LogP contribution < -0.4 is 15.5 Å². The average molecular weight is 369 g/mol. The summed E-state index contributed by atoms with van der Waals surface area (Å²) in [6.45, 7) is 5.06. The second-order valence-corrected chi connectivity index (χ2v) is 6.18. The molecule has 142 valence electrons. The van der Waals surface area contributed by atoms with E-state index in [2.05, 4.69) is 15.8 Å². The van der Waals surface area contributed by atoms with Crippen LogP contribution in [0.1, 0.15) is 23.6 Å². The van der Waals surface area contributed by atoms with Gasteiger partial charge < -0.3 is 15.2 Å². The van der Waals surface area contributed by atoms with Gasteiger partial charge >= 0.3 is 0 Å². The fraction of sp³-hybridized carbons (Fsp3) is 0.250. The molecule has 2 aromatic carbocycles. The van der Waals surface area contributed by atoms with Crippen LogP contribution in [0.2, 0.25) is 0 Å². The van der Waals surface area contributed by atoms with E-state index in [1.807, 2.05) is 0 Å². The summed E-state index contributed by atoms with van der Waals surface area (Å²) in [5.41, 5.74) is 5.09. The number of aromatic hydroxyl groups is 1. The van der Waals surface area contributed by atoms with Crippen molar-refractivity contribution >= 4 is 23.7 Å². The Morgan fingerprint density at radius 1 is 1.11 bits per heavy atom. The van der Waals surface area contributed by atoms with E-state index < -0.39 is 17.7 Å². The molecule has 3 N–H and O–H groups in total. The van der Waals surface area contributed by atoms with Crippen molar-refractivity contribution in [3.05, 3.63) is 53.1 Å². The molecular formula is C20H23N3O4. The number of hydrogen-bond donors (Lipinski definition) is 3. The highest BCUT2D eigenvalue weighted by Crippen LogP contribution is 2.22. The van der Waals surface area contributed by atoms with E-state index in [0.29, 0.717) is 11.4 Å². The van der Waals surface area contributed by atoms with Gasteiger partial charge in [0.25, 0.3) is 5.91 Å². The maximum absolute atomic E-state index is 12.2. The smallest absolute Gasteiger partial charge is 0.252 e. The molecule has 0 saturated carbocycles. The zero-order valence-electron chi connectivity index (χ0n) is 15.7. The molecule has 7 heteroatoms. The Bertz CT molecular complexity index is 837. The summed E-state index contributed by atoms with van der Waals surface area (Å²) in [4.78, 5) is 24.3. The molecule has 0 aliphatic rings. The highest BCUT2D eigenvalue weighted by atomic mass is 16.5. The molecule has 0 radical (unpaired) electrons. The van der Waals surface area contributed by atoms with Gasteiger partial charge in [0.2, 0.25) is 5.91 Å². The van der Waals surface area contributed by atoms with Crippen molar-refractivity contribution in [3.8, 4) is 11.5 Å². The van der Waals surface area contributed by atoms with Gasteiger partial charge in [0.05, 0.1) is 13.3 Å².